The molecule has 0 spiro atoms. The first-order chi connectivity index (χ1) is 12.5. The monoisotopic (exact) mass is 361 g/mol. The molecule has 7 heteroatoms. The average molecular weight is 361 g/mol. The molecule has 2 saturated heterocycles. The summed E-state index contributed by atoms with van der Waals surface area (Å²) in [5.74, 6) is -0.00152. The van der Waals surface area contributed by atoms with E-state index in [0.717, 1.165) is 32.1 Å². The Kier molecular flexibility index (Phi) is 4.54. The van der Waals surface area contributed by atoms with E-state index in [-0.39, 0.29) is 30.2 Å². The van der Waals surface area contributed by atoms with Gasteiger partial charge in [0.05, 0.1) is 36.0 Å². The lowest BCUT2D eigenvalue weighted by atomic mass is 9.70. The Bertz CT molecular complexity index is 789. The first-order valence-electron chi connectivity index (χ1n) is 9.13. The van der Waals surface area contributed by atoms with Crippen molar-refractivity contribution in [3.05, 3.63) is 29.7 Å². The van der Waals surface area contributed by atoms with Crippen molar-refractivity contribution in [2.24, 2.45) is 5.73 Å². The molecular formula is C19H24FN3O3. The van der Waals surface area contributed by atoms with E-state index in [1.54, 1.807) is 12.1 Å². The molecular weight excluding hydrogens is 337 g/mol. The molecule has 2 bridgehead atoms. The third kappa shape index (κ3) is 3.26. The van der Waals surface area contributed by atoms with Crippen LogP contribution in [0.4, 0.5) is 4.39 Å². The van der Waals surface area contributed by atoms with Crippen LogP contribution < -0.4 is 10.5 Å². The second-order valence-corrected chi connectivity index (χ2v) is 7.51. The van der Waals surface area contributed by atoms with Crippen molar-refractivity contribution in [3.63, 3.8) is 0 Å². The third-order valence-electron chi connectivity index (χ3n) is 5.73. The van der Waals surface area contributed by atoms with Gasteiger partial charge in [0.1, 0.15) is 12.4 Å². The van der Waals surface area contributed by atoms with Crippen LogP contribution in [0.3, 0.4) is 0 Å². The highest BCUT2D eigenvalue weighted by molar-refractivity contribution is 5.78. The van der Waals surface area contributed by atoms with Gasteiger partial charge in [0, 0.05) is 17.2 Å². The molecule has 26 heavy (non-hydrogen) atoms. The van der Waals surface area contributed by atoms with Crippen molar-refractivity contribution in [1.29, 1.82) is 0 Å². The minimum atomic E-state index is -0.361. The van der Waals surface area contributed by atoms with Gasteiger partial charge in [-0.25, -0.2) is 9.37 Å². The maximum absolute atomic E-state index is 14.5. The van der Waals surface area contributed by atoms with E-state index in [2.05, 4.69) is 9.97 Å². The predicted octanol–water partition coefficient (Wildman–Crippen LogP) is 2.11. The number of ether oxygens (including phenoxy) is 2. The molecule has 2 aromatic heterocycles. The van der Waals surface area contributed by atoms with Gasteiger partial charge in [-0.1, -0.05) is 0 Å². The lowest BCUT2D eigenvalue weighted by Crippen LogP contribution is -2.59. The summed E-state index contributed by atoms with van der Waals surface area (Å²) < 4.78 is 26.0. The Morgan fingerprint density at radius 3 is 2.77 bits per heavy atom. The van der Waals surface area contributed by atoms with E-state index in [9.17, 15) is 4.39 Å². The van der Waals surface area contributed by atoms with Gasteiger partial charge in [-0.2, -0.15) is 0 Å². The number of aliphatic hydroxyl groups excluding tert-OH is 1. The number of nitrogens with two attached hydrogens (primary N) is 1. The van der Waals surface area contributed by atoms with Crippen molar-refractivity contribution in [1.82, 2.24) is 9.97 Å². The minimum absolute atomic E-state index is 0.101. The minimum Gasteiger partial charge on any atom is -0.475 e. The highest BCUT2D eigenvalue weighted by Gasteiger charge is 2.47. The number of rotatable bonds is 6. The molecule has 5 rings (SSSR count). The molecule has 1 saturated carbocycles. The van der Waals surface area contributed by atoms with Crippen LogP contribution in [0.25, 0.3) is 11.0 Å². The first kappa shape index (κ1) is 17.6. The van der Waals surface area contributed by atoms with Crippen LogP contribution in [0.2, 0.25) is 0 Å². The van der Waals surface area contributed by atoms with Crippen molar-refractivity contribution in [3.8, 4) is 5.88 Å². The smallest absolute Gasteiger partial charge is 0.213 e. The van der Waals surface area contributed by atoms with Crippen LogP contribution in [-0.2, 0) is 11.2 Å². The van der Waals surface area contributed by atoms with Gasteiger partial charge >= 0.3 is 0 Å². The zero-order chi connectivity index (χ0) is 18.2. The SMILES string of the molecule is NC12CCC(CCc3c(F)cnc4ccc(OCCO)nc34)(CC1)OC2. The summed E-state index contributed by atoms with van der Waals surface area (Å²) in [5.41, 5.74) is 7.59. The van der Waals surface area contributed by atoms with Gasteiger partial charge in [0.15, 0.2) is 0 Å². The lowest BCUT2D eigenvalue weighted by Gasteiger charge is -2.51. The molecule has 3 aliphatic rings. The molecule has 0 unspecified atom stereocenters. The van der Waals surface area contributed by atoms with Crippen molar-refractivity contribution in [2.45, 2.75) is 49.7 Å². The van der Waals surface area contributed by atoms with Crippen LogP contribution in [0.1, 0.15) is 37.7 Å². The topological polar surface area (TPSA) is 90.5 Å². The van der Waals surface area contributed by atoms with E-state index in [1.807, 2.05) is 0 Å². The fourth-order valence-corrected chi connectivity index (χ4v) is 4.01. The number of aliphatic hydroxyl groups is 1. The van der Waals surface area contributed by atoms with Crippen LogP contribution in [-0.4, -0.2) is 46.0 Å². The summed E-state index contributed by atoms with van der Waals surface area (Å²) in [6.45, 7) is 0.634. The first-order valence-corrected chi connectivity index (χ1v) is 9.13. The number of hydrogen-bond acceptors (Lipinski definition) is 6. The molecule has 0 amide bonds. The van der Waals surface area contributed by atoms with E-state index >= 15 is 0 Å². The molecule has 2 aliphatic heterocycles. The summed E-state index contributed by atoms with van der Waals surface area (Å²) in [6.07, 6.45) is 6.28. The lowest BCUT2D eigenvalue weighted by molar-refractivity contribution is -0.156. The maximum Gasteiger partial charge on any atom is 0.213 e. The zero-order valence-corrected chi connectivity index (χ0v) is 14.7. The Morgan fingerprint density at radius 1 is 1.27 bits per heavy atom. The van der Waals surface area contributed by atoms with Gasteiger partial charge in [0.25, 0.3) is 0 Å². The molecule has 2 aromatic rings. The van der Waals surface area contributed by atoms with Crippen LogP contribution in [0.5, 0.6) is 5.88 Å². The van der Waals surface area contributed by atoms with Gasteiger partial charge in [-0.3, -0.25) is 4.98 Å². The molecule has 0 radical (unpaired) electrons. The molecule has 0 aromatic carbocycles. The number of halogens is 1. The second kappa shape index (κ2) is 6.72. The van der Waals surface area contributed by atoms with Crippen LogP contribution >= 0.6 is 0 Å². The number of aryl methyl sites for hydroxylation is 1. The normalized spacial score (nSPS) is 27.8. The molecule has 1 aliphatic carbocycles. The van der Waals surface area contributed by atoms with Crippen LogP contribution in [0, 0.1) is 5.82 Å². The van der Waals surface area contributed by atoms with Gasteiger partial charge in [-0.05, 0) is 44.6 Å². The molecule has 0 atom stereocenters. The second-order valence-electron chi connectivity index (χ2n) is 7.51. The van der Waals surface area contributed by atoms with E-state index in [1.165, 1.54) is 6.20 Å². The number of pyridine rings is 2. The number of fused-ring (bicyclic) bond motifs is 4. The highest BCUT2D eigenvalue weighted by Crippen LogP contribution is 2.45. The summed E-state index contributed by atoms with van der Waals surface area (Å²) >= 11 is 0. The molecule has 3 fully saturated rings. The fraction of sp³-hybridized carbons (Fsp3) is 0.579. The van der Waals surface area contributed by atoms with Crippen molar-refractivity contribution < 1.29 is 19.0 Å². The van der Waals surface area contributed by atoms with E-state index < -0.39 is 0 Å². The van der Waals surface area contributed by atoms with Crippen molar-refractivity contribution in [2.75, 3.05) is 19.8 Å². The Balaban J connectivity index is 1.58. The van der Waals surface area contributed by atoms with E-state index in [4.69, 9.17) is 20.3 Å². The summed E-state index contributed by atoms with van der Waals surface area (Å²) in [4.78, 5) is 8.53. The van der Waals surface area contributed by atoms with Gasteiger partial charge < -0.3 is 20.3 Å². The molecule has 4 heterocycles. The largest absolute Gasteiger partial charge is 0.475 e. The zero-order valence-electron chi connectivity index (χ0n) is 14.7. The Hall–Kier alpha value is -1.83. The number of aromatic nitrogens is 2. The molecule has 3 N–H and O–H groups in total. The van der Waals surface area contributed by atoms with E-state index in [0.29, 0.717) is 35.5 Å². The summed E-state index contributed by atoms with van der Waals surface area (Å²) in [6, 6.07) is 3.44. The van der Waals surface area contributed by atoms with Crippen LogP contribution in [0.15, 0.2) is 18.3 Å². The quantitative estimate of drug-likeness (QED) is 0.819. The van der Waals surface area contributed by atoms with Crippen molar-refractivity contribution >= 4 is 11.0 Å². The highest BCUT2D eigenvalue weighted by atomic mass is 19.1. The Morgan fingerprint density at radius 2 is 2.08 bits per heavy atom. The summed E-state index contributed by atoms with van der Waals surface area (Å²) in [7, 11) is 0. The maximum atomic E-state index is 14.5. The molecule has 140 valence electrons. The molecule has 6 nitrogen and oxygen atoms in total. The van der Waals surface area contributed by atoms with Gasteiger partial charge in [-0.15, -0.1) is 0 Å². The predicted molar refractivity (Wildman–Crippen MR) is 94.5 cm³/mol. The summed E-state index contributed by atoms with van der Waals surface area (Å²) in [5, 5.41) is 8.90. The Labute approximate surface area is 151 Å². The number of hydrogen-bond donors (Lipinski definition) is 2. The average Bonchev–Trinajstić information content (AvgIpc) is 2.67. The third-order valence-corrected chi connectivity index (χ3v) is 5.73. The standard InChI is InChI=1S/C19H24FN3O3/c20-14-11-22-15-1-2-16(25-10-9-24)23-17(15)13(14)3-4-19-7-5-18(21,6-8-19)12-26-19/h1-2,11,24H,3-10,12,21H2. The number of nitrogens with zero attached hydrogens (tertiary/aromatic N) is 2. The van der Waals surface area contributed by atoms with Gasteiger partial charge in [0.2, 0.25) is 5.88 Å². The fourth-order valence-electron chi connectivity index (χ4n) is 4.01.